The van der Waals surface area contributed by atoms with Crippen LogP contribution in [0.3, 0.4) is 0 Å². The Bertz CT molecular complexity index is 1540. The number of nitrogens with one attached hydrogen (secondary N) is 3. The molecule has 0 bridgehead atoms. The Balaban J connectivity index is 1.54. The van der Waals surface area contributed by atoms with Crippen LogP contribution in [0.15, 0.2) is 77.9 Å². The molecule has 0 saturated carbocycles. The van der Waals surface area contributed by atoms with E-state index in [1.165, 1.54) is 16.7 Å². The van der Waals surface area contributed by atoms with Crippen LogP contribution in [0.1, 0.15) is 42.5 Å². The lowest BCUT2D eigenvalue weighted by Crippen LogP contribution is -2.18. The van der Waals surface area contributed by atoms with Crippen LogP contribution in [-0.2, 0) is 12.8 Å². The van der Waals surface area contributed by atoms with Crippen molar-refractivity contribution >= 4 is 16.9 Å². The second kappa shape index (κ2) is 8.37. The SMILES string of the molecule is CCc1ccccc1-c1c(NC2CCCc3ccccc32)[nH]c(=O)n1-c1ccc2nc[nH]c2c1. The van der Waals surface area contributed by atoms with Gasteiger partial charge < -0.3 is 10.3 Å². The third-order valence-corrected chi connectivity index (χ3v) is 6.90. The van der Waals surface area contributed by atoms with E-state index in [0.29, 0.717) is 0 Å². The molecule has 5 aromatic rings. The average molecular weight is 450 g/mol. The normalized spacial score (nSPS) is 15.4. The van der Waals surface area contributed by atoms with E-state index in [-0.39, 0.29) is 11.7 Å². The van der Waals surface area contributed by atoms with Gasteiger partial charge in [0, 0.05) is 5.56 Å². The Morgan fingerprint density at radius 2 is 1.94 bits per heavy atom. The van der Waals surface area contributed by atoms with E-state index in [0.717, 1.165) is 59.5 Å². The third kappa shape index (κ3) is 3.43. The van der Waals surface area contributed by atoms with Gasteiger partial charge in [0.1, 0.15) is 5.82 Å². The molecule has 1 aliphatic rings. The van der Waals surface area contributed by atoms with Gasteiger partial charge in [-0.2, -0.15) is 0 Å². The number of hydrogen-bond donors (Lipinski definition) is 3. The summed E-state index contributed by atoms with van der Waals surface area (Å²) >= 11 is 0. The van der Waals surface area contributed by atoms with E-state index in [1.807, 2.05) is 24.3 Å². The number of aromatic nitrogens is 4. The first-order chi connectivity index (χ1) is 16.7. The molecule has 34 heavy (non-hydrogen) atoms. The monoisotopic (exact) mass is 449 g/mol. The molecule has 6 heteroatoms. The van der Waals surface area contributed by atoms with Gasteiger partial charge in [0.05, 0.1) is 34.8 Å². The van der Waals surface area contributed by atoms with Crippen molar-refractivity contribution in [3.05, 3.63) is 100 Å². The predicted octanol–water partition coefficient (Wildman–Crippen LogP) is 5.76. The maximum absolute atomic E-state index is 13.4. The molecule has 0 radical (unpaired) electrons. The largest absolute Gasteiger partial charge is 0.363 e. The van der Waals surface area contributed by atoms with Crippen LogP contribution in [0.4, 0.5) is 5.82 Å². The second-order valence-electron chi connectivity index (χ2n) is 8.89. The van der Waals surface area contributed by atoms with E-state index in [1.54, 1.807) is 10.9 Å². The van der Waals surface area contributed by atoms with Crippen LogP contribution in [0.25, 0.3) is 28.0 Å². The third-order valence-electron chi connectivity index (χ3n) is 6.90. The lowest BCUT2D eigenvalue weighted by Gasteiger charge is -2.27. The Hall–Kier alpha value is -4.06. The molecule has 1 unspecified atom stereocenters. The number of anilines is 1. The van der Waals surface area contributed by atoms with E-state index in [4.69, 9.17) is 0 Å². The van der Waals surface area contributed by atoms with Crippen molar-refractivity contribution in [3.63, 3.8) is 0 Å². The summed E-state index contributed by atoms with van der Waals surface area (Å²) in [5, 5.41) is 3.72. The number of hydrogen-bond acceptors (Lipinski definition) is 3. The molecule has 3 N–H and O–H groups in total. The van der Waals surface area contributed by atoms with Crippen LogP contribution >= 0.6 is 0 Å². The van der Waals surface area contributed by atoms with Gasteiger partial charge >= 0.3 is 5.69 Å². The average Bonchev–Trinajstić information content (AvgIpc) is 3.47. The molecule has 0 amide bonds. The van der Waals surface area contributed by atoms with Gasteiger partial charge in [-0.15, -0.1) is 0 Å². The van der Waals surface area contributed by atoms with Crippen LogP contribution < -0.4 is 11.0 Å². The number of nitrogens with zero attached hydrogens (tertiary/aromatic N) is 2. The molecule has 6 nitrogen and oxygen atoms in total. The number of rotatable bonds is 5. The molecule has 2 aromatic heterocycles. The minimum Gasteiger partial charge on any atom is -0.363 e. The number of imidazole rings is 2. The molecule has 2 heterocycles. The molecular formula is C28H27N5O. The standard InChI is InChI=1S/C28H27N5O/c1-2-18-8-3-6-12-22(18)26-27(31-23-13-7-10-19-9-4-5-11-21(19)23)32-28(34)33(26)20-14-15-24-25(16-20)30-17-29-24/h3-6,8-9,11-12,14-17,23,31H,2,7,10,13H2,1H3,(H,29,30)(H,32,34). The highest BCUT2D eigenvalue weighted by atomic mass is 16.1. The number of aryl methyl sites for hydroxylation is 2. The van der Waals surface area contributed by atoms with Gasteiger partial charge in [-0.25, -0.2) is 9.78 Å². The van der Waals surface area contributed by atoms with Crippen molar-refractivity contribution in [3.8, 4) is 16.9 Å². The van der Waals surface area contributed by atoms with Gasteiger partial charge in [0.25, 0.3) is 0 Å². The summed E-state index contributed by atoms with van der Waals surface area (Å²) in [5.74, 6) is 0.761. The smallest absolute Gasteiger partial charge is 0.332 e. The molecule has 1 aliphatic carbocycles. The Morgan fingerprint density at radius 3 is 2.85 bits per heavy atom. The molecule has 0 spiro atoms. The van der Waals surface area contributed by atoms with Crippen LogP contribution in [-0.4, -0.2) is 19.5 Å². The minimum atomic E-state index is -0.161. The maximum atomic E-state index is 13.4. The lowest BCUT2D eigenvalue weighted by molar-refractivity contribution is 0.599. The van der Waals surface area contributed by atoms with E-state index < -0.39 is 0 Å². The van der Waals surface area contributed by atoms with Crippen LogP contribution in [0.2, 0.25) is 0 Å². The van der Waals surface area contributed by atoms with Gasteiger partial charge in [-0.1, -0.05) is 55.5 Å². The van der Waals surface area contributed by atoms with Gasteiger partial charge in [0.15, 0.2) is 0 Å². The maximum Gasteiger partial charge on any atom is 0.332 e. The number of fused-ring (bicyclic) bond motifs is 2. The zero-order valence-electron chi connectivity index (χ0n) is 19.1. The highest BCUT2D eigenvalue weighted by Gasteiger charge is 2.25. The highest BCUT2D eigenvalue weighted by Crippen LogP contribution is 2.37. The molecule has 3 aromatic carbocycles. The second-order valence-corrected chi connectivity index (χ2v) is 8.89. The molecule has 1 atom stereocenters. The molecule has 0 aliphatic heterocycles. The first kappa shape index (κ1) is 20.5. The summed E-state index contributed by atoms with van der Waals surface area (Å²) in [5.41, 5.74) is 8.23. The van der Waals surface area contributed by atoms with Crippen LogP contribution in [0.5, 0.6) is 0 Å². The summed E-state index contributed by atoms with van der Waals surface area (Å²) in [4.78, 5) is 24.1. The first-order valence-electron chi connectivity index (χ1n) is 11.9. The van der Waals surface area contributed by atoms with Crippen molar-refractivity contribution in [1.29, 1.82) is 0 Å². The first-order valence-corrected chi connectivity index (χ1v) is 11.9. The van der Waals surface area contributed by atoms with Gasteiger partial charge in [-0.05, 0) is 60.6 Å². The molecule has 0 saturated heterocycles. The number of benzene rings is 3. The van der Waals surface area contributed by atoms with Crippen molar-refractivity contribution in [2.45, 2.75) is 38.6 Å². The van der Waals surface area contributed by atoms with E-state index >= 15 is 0 Å². The summed E-state index contributed by atoms with van der Waals surface area (Å²) in [6, 6.07) is 23.0. The van der Waals surface area contributed by atoms with Crippen molar-refractivity contribution in [2.24, 2.45) is 0 Å². The Morgan fingerprint density at radius 1 is 1.09 bits per heavy atom. The topological polar surface area (TPSA) is 78.5 Å². The van der Waals surface area contributed by atoms with Gasteiger partial charge in [0.2, 0.25) is 0 Å². The molecular weight excluding hydrogens is 422 g/mol. The van der Waals surface area contributed by atoms with Crippen LogP contribution in [0, 0.1) is 0 Å². The summed E-state index contributed by atoms with van der Waals surface area (Å²) in [7, 11) is 0. The number of H-pyrrole nitrogens is 2. The minimum absolute atomic E-state index is 0.152. The summed E-state index contributed by atoms with van der Waals surface area (Å²) in [6.45, 7) is 2.15. The Labute approximate surface area is 197 Å². The summed E-state index contributed by atoms with van der Waals surface area (Å²) < 4.78 is 1.78. The highest BCUT2D eigenvalue weighted by molar-refractivity contribution is 5.80. The Kier molecular flexibility index (Phi) is 5.06. The fourth-order valence-corrected chi connectivity index (χ4v) is 5.24. The zero-order valence-corrected chi connectivity index (χ0v) is 19.1. The van der Waals surface area contributed by atoms with Crippen molar-refractivity contribution in [2.75, 3.05) is 5.32 Å². The van der Waals surface area contributed by atoms with Gasteiger partial charge in [-0.3, -0.25) is 9.55 Å². The fourth-order valence-electron chi connectivity index (χ4n) is 5.24. The quantitative estimate of drug-likeness (QED) is 0.319. The van der Waals surface area contributed by atoms with Crippen molar-refractivity contribution in [1.82, 2.24) is 19.5 Å². The molecule has 6 rings (SSSR count). The zero-order chi connectivity index (χ0) is 23.1. The molecule has 170 valence electrons. The van der Waals surface area contributed by atoms with Crippen molar-refractivity contribution < 1.29 is 0 Å². The van der Waals surface area contributed by atoms with E-state index in [2.05, 4.69) is 69.7 Å². The number of aromatic amines is 2. The fraction of sp³-hybridized carbons (Fsp3) is 0.214. The predicted molar refractivity (Wildman–Crippen MR) is 137 cm³/mol. The summed E-state index contributed by atoms with van der Waals surface area (Å²) in [6.07, 6.45) is 5.80. The van der Waals surface area contributed by atoms with E-state index in [9.17, 15) is 4.79 Å². The lowest BCUT2D eigenvalue weighted by atomic mass is 9.87. The molecule has 0 fully saturated rings.